The predicted molar refractivity (Wildman–Crippen MR) is 120 cm³/mol. The van der Waals surface area contributed by atoms with Gasteiger partial charge in [-0.2, -0.15) is 14.9 Å². The summed E-state index contributed by atoms with van der Waals surface area (Å²) in [6, 6.07) is 25.4. The van der Waals surface area contributed by atoms with E-state index in [9.17, 15) is 0 Å². The molecule has 0 fully saturated rings. The van der Waals surface area contributed by atoms with Crippen LogP contribution >= 0.6 is 12.2 Å². The van der Waals surface area contributed by atoms with Gasteiger partial charge in [0.1, 0.15) is 18.1 Å². The van der Waals surface area contributed by atoms with Crippen molar-refractivity contribution < 1.29 is 9.47 Å². The lowest BCUT2D eigenvalue weighted by Gasteiger charge is -2.07. The maximum Gasteiger partial charge on any atom is 0.216 e. The summed E-state index contributed by atoms with van der Waals surface area (Å²) in [6.45, 7) is 0.508. The van der Waals surface area contributed by atoms with E-state index >= 15 is 0 Å². The fourth-order valence-electron chi connectivity index (χ4n) is 2.90. The standard InChI is InChI=1S/C23H20N4O2S/c1-28-20-11-6-10-19(14-20)22-25-26-23(30)27(22)24-15-18-9-5-12-21(13-18)29-16-17-7-3-2-4-8-17/h2-15H,16H2,1H3,(H,26,30)/b24-15-. The molecule has 3 aromatic carbocycles. The molecule has 0 radical (unpaired) electrons. The Morgan fingerprint density at radius 1 is 1.00 bits per heavy atom. The van der Waals surface area contributed by atoms with Crippen molar-refractivity contribution in [3.05, 3.63) is 94.8 Å². The van der Waals surface area contributed by atoms with Crippen LogP contribution in [0, 0.1) is 4.77 Å². The minimum atomic E-state index is 0.403. The summed E-state index contributed by atoms with van der Waals surface area (Å²) in [7, 11) is 1.63. The quantitative estimate of drug-likeness (QED) is 0.337. The first-order chi connectivity index (χ1) is 14.7. The summed E-state index contributed by atoms with van der Waals surface area (Å²) in [6.07, 6.45) is 1.73. The zero-order valence-corrected chi connectivity index (χ0v) is 17.2. The van der Waals surface area contributed by atoms with Gasteiger partial charge in [0.25, 0.3) is 0 Å². The van der Waals surface area contributed by atoms with E-state index in [0.29, 0.717) is 17.2 Å². The summed E-state index contributed by atoms with van der Waals surface area (Å²) >= 11 is 5.35. The van der Waals surface area contributed by atoms with Crippen molar-refractivity contribution in [3.8, 4) is 22.9 Å². The monoisotopic (exact) mass is 416 g/mol. The molecule has 0 aliphatic heterocycles. The number of nitrogens with zero attached hydrogens (tertiary/aromatic N) is 3. The van der Waals surface area contributed by atoms with E-state index < -0.39 is 0 Å². The Kier molecular flexibility index (Phi) is 6.01. The molecule has 1 heterocycles. The molecule has 0 aliphatic carbocycles. The molecule has 6 nitrogen and oxygen atoms in total. The fraction of sp³-hybridized carbons (Fsp3) is 0.0870. The molecule has 4 rings (SSSR count). The molecule has 0 spiro atoms. The maximum atomic E-state index is 5.89. The fourth-order valence-corrected chi connectivity index (χ4v) is 3.08. The van der Waals surface area contributed by atoms with Gasteiger partial charge in [-0.25, -0.2) is 5.10 Å². The van der Waals surface area contributed by atoms with Crippen LogP contribution in [-0.4, -0.2) is 28.2 Å². The Balaban J connectivity index is 1.54. The van der Waals surface area contributed by atoms with E-state index in [4.69, 9.17) is 21.7 Å². The molecule has 0 saturated heterocycles. The third-order valence-corrected chi connectivity index (χ3v) is 4.67. The van der Waals surface area contributed by atoms with Gasteiger partial charge in [-0.05, 0) is 47.6 Å². The Bertz CT molecular complexity index is 1220. The summed E-state index contributed by atoms with van der Waals surface area (Å²) in [5.74, 6) is 2.11. The van der Waals surface area contributed by atoms with Crippen LogP contribution in [-0.2, 0) is 6.61 Å². The normalized spacial score (nSPS) is 11.0. The summed E-state index contributed by atoms with van der Waals surface area (Å²) in [4.78, 5) is 0. The van der Waals surface area contributed by atoms with E-state index in [0.717, 1.165) is 28.2 Å². The van der Waals surface area contributed by atoms with Crippen LogP contribution in [0.3, 0.4) is 0 Å². The van der Waals surface area contributed by atoms with Gasteiger partial charge in [-0.3, -0.25) is 0 Å². The number of aromatic amines is 1. The van der Waals surface area contributed by atoms with Gasteiger partial charge in [-0.1, -0.05) is 54.6 Å². The number of H-pyrrole nitrogens is 1. The Hall–Kier alpha value is -3.71. The van der Waals surface area contributed by atoms with Gasteiger partial charge in [-0.15, -0.1) is 0 Å². The lowest BCUT2D eigenvalue weighted by Crippen LogP contribution is -1.97. The molecular weight excluding hydrogens is 396 g/mol. The second-order valence-corrected chi connectivity index (χ2v) is 6.87. The maximum absolute atomic E-state index is 5.89. The Morgan fingerprint density at radius 2 is 1.80 bits per heavy atom. The van der Waals surface area contributed by atoms with Crippen LogP contribution in [0.15, 0.2) is 84.0 Å². The Labute approximate surface area is 179 Å². The average Bonchev–Trinajstić information content (AvgIpc) is 3.17. The van der Waals surface area contributed by atoms with Crippen molar-refractivity contribution in [2.24, 2.45) is 5.10 Å². The predicted octanol–water partition coefficient (Wildman–Crippen LogP) is 5.08. The second-order valence-electron chi connectivity index (χ2n) is 6.49. The molecule has 0 unspecified atom stereocenters. The molecule has 7 heteroatoms. The first-order valence-corrected chi connectivity index (χ1v) is 9.77. The molecule has 4 aromatic rings. The molecular formula is C23H20N4O2S. The molecule has 1 N–H and O–H groups in total. The highest BCUT2D eigenvalue weighted by Gasteiger charge is 2.09. The summed E-state index contributed by atoms with van der Waals surface area (Å²) in [5, 5.41) is 11.6. The first kappa shape index (κ1) is 19.6. The van der Waals surface area contributed by atoms with Gasteiger partial charge < -0.3 is 9.47 Å². The lowest BCUT2D eigenvalue weighted by atomic mass is 10.2. The van der Waals surface area contributed by atoms with E-state index in [1.54, 1.807) is 18.0 Å². The first-order valence-electron chi connectivity index (χ1n) is 9.36. The summed E-state index contributed by atoms with van der Waals surface area (Å²) in [5.41, 5.74) is 2.85. The number of ether oxygens (including phenoxy) is 2. The third-order valence-electron chi connectivity index (χ3n) is 4.41. The van der Waals surface area contributed by atoms with Crippen LogP contribution in [0.5, 0.6) is 11.5 Å². The number of aromatic nitrogens is 3. The number of nitrogens with one attached hydrogen (secondary N) is 1. The third kappa shape index (κ3) is 4.64. The molecule has 30 heavy (non-hydrogen) atoms. The van der Waals surface area contributed by atoms with Crippen molar-refractivity contribution in [2.75, 3.05) is 7.11 Å². The zero-order chi connectivity index (χ0) is 20.8. The lowest BCUT2D eigenvalue weighted by molar-refractivity contribution is 0.306. The van der Waals surface area contributed by atoms with E-state index in [-0.39, 0.29) is 0 Å². The smallest absolute Gasteiger partial charge is 0.216 e. The Morgan fingerprint density at radius 3 is 2.63 bits per heavy atom. The minimum Gasteiger partial charge on any atom is -0.497 e. The SMILES string of the molecule is COc1cccc(-c2n[nH]c(=S)n2/N=C\c2cccc(OCc3ccccc3)c2)c1. The van der Waals surface area contributed by atoms with Crippen molar-refractivity contribution in [2.45, 2.75) is 6.61 Å². The second kappa shape index (κ2) is 9.19. The highest BCUT2D eigenvalue weighted by atomic mass is 32.1. The van der Waals surface area contributed by atoms with Crippen LogP contribution in [0.25, 0.3) is 11.4 Å². The number of methoxy groups -OCH3 is 1. The average molecular weight is 417 g/mol. The number of rotatable bonds is 7. The van der Waals surface area contributed by atoms with Crippen molar-refractivity contribution >= 4 is 18.4 Å². The van der Waals surface area contributed by atoms with E-state index in [1.165, 1.54) is 0 Å². The summed E-state index contributed by atoms with van der Waals surface area (Å²) < 4.78 is 13.2. The molecule has 0 bridgehead atoms. The molecule has 1 aromatic heterocycles. The van der Waals surface area contributed by atoms with Crippen LogP contribution in [0.1, 0.15) is 11.1 Å². The number of hydrogen-bond acceptors (Lipinski definition) is 5. The molecule has 150 valence electrons. The highest BCUT2D eigenvalue weighted by molar-refractivity contribution is 7.71. The highest BCUT2D eigenvalue weighted by Crippen LogP contribution is 2.22. The van der Waals surface area contributed by atoms with Gasteiger partial charge in [0.15, 0.2) is 5.82 Å². The van der Waals surface area contributed by atoms with Crippen LogP contribution < -0.4 is 9.47 Å². The van der Waals surface area contributed by atoms with E-state index in [1.807, 2.05) is 78.9 Å². The topological polar surface area (TPSA) is 64.4 Å². The molecule has 0 aliphatic rings. The minimum absolute atomic E-state index is 0.403. The number of hydrogen-bond donors (Lipinski definition) is 1. The van der Waals surface area contributed by atoms with Crippen molar-refractivity contribution in [3.63, 3.8) is 0 Å². The van der Waals surface area contributed by atoms with Crippen molar-refractivity contribution in [1.82, 2.24) is 14.9 Å². The molecule has 0 amide bonds. The largest absolute Gasteiger partial charge is 0.497 e. The van der Waals surface area contributed by atoms with Gasteiger partial charge in [0, 0.05) is 5.56 Å². The molecule has 0 atom stereocenters. The number of benzene rings is 3. The van der Waals surface area contributed by atoms with E-state index in [2.05, 4.69) is 15.3 Å². The van der Waals surface area contributed by atoms with Gasteiger partial charge >= 0.3 is 0 Å². The van der Waals surface area contributed by atoms with Crippen LogP contribution in [0.4, 0.5) is 0 Å². The van der Waals surface area contributed by atoms with Crippen LogP contribution in [0.2, 0.25) is 0 Å². The zero-order valence-electron chi connectivity index (χ0n) is 16.4. The van der Waals surface area contributed by atoms with Gasteiger partial charge in [0.2, 0.25) is 4.77 Å². The van der Waals surface area contributed by atoms with Gasteiger partial charge in [0.05, 0.1) is 13.3 Å². The van der Waals surface area contributed by atoms with Crippen molar-refractivity contribution in [1.29, 1.82) is 0 Å². The molecule has 0 saturated carbocycles.